The van der Waals surface area contributed by atoms with Crippen molar-refractivity contribution in [3.63, 3.8) is 0 Å². The van der Waals surface area contributed by atoms with Crippen LogP contribution in [0.4, 0.5) is 11.4 Å². The summed E-state index contributed by atoms with van der Waals surface area (Å²) in [7, 11) is -4.43. The van der Waals surface area contributed by atoms with E-state index in [2.05, 4.69) is 9.44 Å². The van der Waals surface area contributed by atoms with Crippen molar-refractivity contribution in [2.45, 2.75) is 19.6 Å². The first-order chi connectivity index (χ1) is 17.7. The van der Waals surface area contributed by atoms with E-state index in [1.54, 1.807) is 72.8 Å². The smallest absolute Gasteiger partial charge is 0.261 e. The molecular formula is C26H24N2O6S3. The molecule has 0 aliphatic carbocycles. The number of sulfonamides is 2. The van der Waals surface area contributed by atoms with Crippen molar-refractivity contribution in [2.24, 2.45) is 0 Å². The minimum atomic E-state index is -3.76. The normalized spacial score (nSPS) is 11.5. The predicted octanol–water partition coefficient (Wildman–Crippen LogP) is 5.46. The molecule has 4 rings (SSSR count). The zero-order chi connectivity index (χ0) is 26.5. The van der Waals surface area contributed by atoms with Crippen LogP contribution in [-0.2, 0) is 20.0 Å². The second-order valence-electron chi connectivity index (χ2n) is 7.71. The maximum atomic E-state index is 12.7. The van der Waals surface area contributed by atoms with Gasteiger partial charge in [0.25, 0.3) is 20.0 Å². The minimum absolute atomic E-state index is 0.124. The molecule has 0 heterocycles. The second-order valence-corrected chi connectivity index (χ2v) is 12.2. The third-order valence-corrected chi connectivity index (χ3v) is 9.00. The summed E-state index contributed by atoms with van der Waals surface area (Å²) in [4.78, 5) is 1.85. The highest BCUT2D eigenvalue weighted by Gasteiger charge is 2.16. The van der Waals surface area contributed by atoms with Crippen molar-refractivity contribution in [3.05, 3.63) is 97.1 Å². The first-order valence-corrected chi connectivity index (χ1v) is 14.7. The second kappa shape index (κ2) is 11.2. The quantitative estimate of drug-likeness (QED) is 0.267. The molecule has 4 aromatic carbocycles. The van der Waals surface area contributed by atoms with Crippen LogP contribution in [-0.4, -0.2) is 31.1 Å². The molecule has 0 saturated heterocycles. The highest BCUT2D eigenvalue weighted by atomic mass is 32.2. The standard InChI is InChI=1S/C26H24N2O6S3/c1-33-21-7-3-19(4-8-21)27-36(29,30)25-15-11-23(12-16-25)35-24-13-17-26(18-14-24)37(31,32)28-20-5-9-22(34-2)10-6-20/h3-18,27-28H,1-2H3. The van der Waals surface area contributed by atoms with Gasteiger partial charge in [-0.2, -0.15) is 0 Å². The zero-order valence-electron chi connectivity index (χ0n) is 19.9. The van der Waals surface area contributed by atoms with Crippen LogP contribution < -0.4 is 18.9 Å². The Kier molecular flexibility index (Phi) is 7.96. The van der Waals surface area contributed by atoms with Crippen LogP contribution in [0.1, 0.15) is 0 Å². The van der Waals surface area contributed by atoms with Crippen LogP contribution >= 0.6 is 11.8 Å². The molecule has 0 spiro atoms. The molecule has 8 nitrogen and oxygen atoms in total. The van der Waals surface area contributed by atoms with Gasteiger partial charge < -0.3 is 9.47 Å². The Morgan fingerprint density at radius 3 is 1.14 bits per heavy atom. The van der Waals surface area contributed by atoms with Crippen LogP contribution in [0.2, 0.25) is 0 Å². The molecule has 0 unspecified atom stereocenters. The molecule has 11 heteroatoms. The van der Waals surface area contributed by atoms with Gasteiger partial charge in [-0.05, 0) is 97.1 Å². The Bertz CT molecular complexity index is 1430. The molecule has 2 N–H and O–H groups in total. The topological polar surface area (TPSA) is 111 Å². The van der Waals surface area contributed by atoms with Gasteiger partial charge in [0.15, 0.2) is 0 Å². The van der Waals surface area contributed by atoms with Crippen molar-refractivity contribution in [3.8, 4) is 11.5 Å². The number of nitrogens with one attached hydrogen (secondary N) is 2. The summed E-state index contributed by atoms with van der Waals surface area (Å²) in [6.07, 6.45) is 0. The molecule has 0 bridgehead atoms. The Morgan fingerprint density at radius 2 is 0.838 bits per heavy atom. The van der Waals surface area contributed by atoms with Gasteiger partial charge >= 0.3 is 0 Å². The van der Waals surface area contributed by atoms with Crippen LogP contribution in [0.25, 0.3) is 0 Å². The van der Waals surface area contributed by atoms with Crippen LogP contribution in [0.3, 0.4) is 0 Å². The molecule has 0 radical (unpaired) electrons. The molecule has 0 fully saturated rings. The zero-order valence-corrected chi connectivity index (χ0v) is 22.4. The van der Waals surface area contributed by atoms with E-state index in [0.717, 1.165) is 9.79 Å². The highest BCUT2D eigenvalue weighted by molar-refractivity contribution is 7.99. The number of benzene rings is 4. The lowest BCUT2D eigenvalue weighted by molar-refractivity contribution is 0.415. The van der Waals surface area contributed by atoms with Crippen LogP contribution in [0.5, 0.6) is 11.5 Å². The molecule has 0 aliphatic rings. The molecule has 4 aromatic rings. The van der Waals surface area contributed by atoms with Crippen molar-refractivity contribution in [1.82, 2.24) is 0 Å². The highest BCUT2D eigenvalue weighted by Crippen LogP contribution is 2.30. The van der Waals surface area contributed by atoms with Gasteiger partial charge in [0.2, 0.25) is 0 Å². The average molecular weight is 557 g/mol. The first kappa shape index (κ1) is 26.4. The van der Waals surface area contributed by atoms with Gasteiger partial charge in [-0.25, -0.2) is 16.8 Å². The number of hydrogen-bond donors (Lipinski definition) is 2. The molecular weight excluding hydrogens is 532 g/mol. The number of ether oxygens (including phenoxy) is 2. The molecule has 37 heavy (non-hydrogen) atoms. The van der Waals surface area contributed by atoms with Gasteiger partial charge in [0.05, 0.1) is 24.0 Å². The van der Waals surface area contributed by atoms with E-state index in [1.165, 1.54) is 50.2 Å². The van der Waals surface area contributed by atoms with E-state index in [4.69, 9.17) is 9.47 Å². The Balaban J connectivity index is 1.40. The third kappa shape index (κ3) is 6.76. The third-order valence-electron chi connectivity index (χ3n) is 5.19. The van der Waals surface area contributed by atoms with Gasteiger partial charge in [-0.15, -0.1) is 0 Å². The van der Waals surface area contributed by atoms with Crippen molar-refractivity contribution in [1.29, 1.82) is 0 Å². The Hall–Kier alpha value is -3.67. The molecule has 0 aromatic heterocycles. The number of methoxy groups -OCH3 is 2. The van der Waals surface area contributed by atoms with E-state index in [1.807, 2.05) is 0 Å². The predicted molar refractivity (Wildman–Crippen MR) is 145 cm³/mol. The first-order valence-electron chi connectivity index (χ1n) is 10.9. The van der Waals surface area contributed by atoms with Crippen molar-refractivity contribution in [2.75, 3.05) is 23.7 Å². The molecule has 0 atom stereocenters. The monoisotopic (exact) mass is 556 g/mol. The maximum absolute atomic E-state index is 12.7. The maximum Gasteiger partial charge on any atom is 0.261 e. The summed E-state index contributed by atoms with van der Waals surface area (Å²) in [6, 6.07) is 26.0. The van der Waals surface area contributed by atoms with E-state index in [0.29, 0.717) is 22.9 Å². The van der Waals surface area contributed by atoms with E-state index in [9.17, 15) is 16.8 Å². The SMILES string of the molecule is COc1ccc(NS(=O)(=O)c2ccc(Sc3ccc(S(=O)(=O)Nc4ccc(OC)cc4)cc3)cc2)cc1. The fourth-order valence-corrected chi connectivity index (χ4v) is 6.19. The summed E-state index contributed by atoms with van der Waals surface area (Å²) in [5, 5.41) is 0. The Labute approximate surface area is 220 Å². The van der Waals surface area contributed by atoms with Gasteiger partial charge in [-0.3, -0.25) is 9.44 Å². The molecule has 0 amide bonds. The molecule has 0 saturated carbocycles. The molecule has 192 valence electrons. The average Bonchev–Trinajstić information content (AvgIpc) is 2.90. The van der Waals surface area contributed by atoms with Gasteiger partial charge in [0, 0.05) is 21.2 Å². The summed E-state index contributed by atoms with van der Waals surface area (Å²) < 4.78 is 66.1. The lowest BCUT2D eigenvalue weighted by atomic mass is 10.3. The molecule has 0 aliphatic heterocycles. The number of rotatable bonds is 10. The van der Waals surface area contributed by atoms with E-state index in [-0.39, 0.29) is 9.79 Å². The number of anilines is 2. The summed E-state index contributed by atoms with van der Waals surface area (Å²) in [6.45, 7) is 0. The summed E-state index contributed by atoms with van der Waals surface area (Å²) in [5.74, 6) is 1.26. The lowest BCUT2D eigenvalue weighted by Crippen LogP contribution is -2.12. The van der Waals surface area contributed by atoms with Crippen molar-refractivity contribution >= 4 is 43.2 Å². The summed E-state index contributed by atoms with van der Waals surface area (Å²) >= 11 is 1.38. The van der Waals surface area contributed by atoms with E-state index < -0.39 is 20.0 Å². The van der Waals surface area contributed by atoms with Gasteiger partial charge in [0.1, 0.15) is 11.5 Å². The lowest BCUT2D eigenvalue weighted by Gasteiger charge is -2.10. The largest absolute Gasteiger partial charge is 0.497 e. The minimum Gasteiger partial charge on any atom is -0.497 e. The van der Waals surface area contributed by atoms with Gasteiger partial charge in [-0.1, -0.05) is 11.8 Å². The van der Waals surface area contributed by atoms with Crippen molar-refractivity contribution < 1.29 is 26.3 Å². The Morgan fingerprint density at radius 1 is 0.514 bits per heavy atom. The summed E-state index contributed by atoms with van der Waals surface area (Å²) in [5.41, 5.74) is 0.853. The van der Waals surface area contributed by atoms with Crippen LogP contribution in [0.15, 0.2) is 117 Å². The fraction of sp³-hybridized carbons (Fsp3) is 0.0769. The fourth-order valence-electron chi connectivity index (χ4n) is 3.26. The number of hydrogen-bond acceptors (Lipinski definition) is 7. The van der Waals surface area contributed by atoms with Crippen LogP contribution in [0, 0.1) is 0 Å². The van der Waals surface area contributed by atoms with E-state index >= 15 is 0 Å².